The van der Waals surface area contributed by atoms with Gasteiger partial charge in [0.05, 0.1) is 11.8 Å². The van der Waals surface area contributed by atoms with Crippen LogP contribution in [0.15, 0.2) is 6.33 Å². The molecule has 0 spiro atoms. The maximum atomic E-state index is 5.62. The molecule has 1 N–H and O–H groups in total. The van der Waals surface area contributed by atoms with Crippen molar-refractivity contribution in [1.29, 1.82) is 0 Å². The molecule has 0 amide bonds. The Bertz CT molecular complexity index is 574. The summed E-state index contributed by atoms with van der Waals surface area (Å²) in [4.78, 5) is 8.68. The van der Waals surface area contributed by atoms with E-state index in [1.54, 1.807) is 6.33 Å². The first kappa shape index (κ1) is 12.3. The Kier molecular flexibility index (Phi) is 3.33. The minimum absolute atomic E-state index is 0.295. The first-order valence-electron chi connectivity index (χ1n) is 6.83. The number of ether oxygens (including phenoxy) is 1. The molecule has 6 nitrogen and oxygen atoms in total. The zero-order chi connectivity index (χ0) is 13.2. The summed E-state index contributed by atoms with van der Waals surface area (Å²) in [6.45, 7) is 6.53. The van der Waals surface area contributed by atoms with Gasteiger partial charge in [-0.1, -0.05) is 0 Å². The molecule has 0 radical (unpaired) electrons. The smallest absolute Gasteiger partial charge is 0.155 e. The molecule has 3 heterocycles. The van der Waals surface area contributed by atoms with Crippen molar-refractivity contribution in [2.45, 2.75) is 39.3 Å². The first-order chi connectivity index (χ1) is 9.29. The molecule has 2 aromatic heterocycles. The summed E-state index contributed by atoms with van der Waals surface area (Å²) in [6.07, 6.45) is 4.16. The van der Waals surface area contributed by atoms with Crippen LogP contribution in [0.1, 0.15) is 25.5 Å². The van der Waals surface area contributed by atoms with E-state index in [4.69, 9.17) is 4.74 Å². The Morgan fingerprint density at radius 1 is 1.47 bits per heavy atom. The van der Waals surface area contributed by atoms with Gasteiger partial charge >= 0.3 is 0 Å². The van der Waals surface area contributed by atoms with E-state index in [1.165, 1.54) is 0 Å². The molecule has 19 heavy (non-hydrogen) atoms. The lowest BCUT2D eigenvalue weighted by Gasteiger charge is -2.12. The fourth-order valence-corrected chi connectivity index (χ4v) is 2.54. The highest BCUT2D eigenvalue weighted by Gasteiger charge is 2.17. The van der Waals surface area contributed by atoms with Crippen LogP contribution in [0, 0.1) is 6.92 Å². The number of aryl methyl sites for hydroxylation is 2. The molecule has 1 unspecified atom stereocenters. The molecule has 0 bridgehead atoms. The van der Waals surface area contributed by atoms with Crippen molar-refractivity contribution < 1.29 is 4.74 Å². The third-order valence-corrected chi connectivity index (χ3v) is 3.51. The van der Waals surface area contributed by atoms with Crippen molar-refractivity contribution in [3.05, 3.63) is 12.0 Å². The number of rotatable bonds is 4. The minimum atomic E-state index is 0.295. The summed E-state index contributed by atoms with van der Waals surface area (Å²) in [5, 5.41) is 7.87. The normalized spacial score (nSPS) is 19.2. The summed E-state index contributed by atoms with van der Waals surface area (Å²) in [6, 6.07) is 0. The van der Waals surface area contributed by atoms with Crippen molar-refractivity contribution in [2.24, 2.45) is 0 Å². The third kappa shape index (κ3) is 2.28. The molecule has 0 aromatic carbocycles. The number of hydrogen-bond acceptors (Lipinski definition) is 5. The van der Waals surface area contributed by atoms with E-state index in [0.717, 1.165) is 55.1 Å². The quantitative estimate of drug-likeness (QED) is 0.908. The van der Waals surface area contributed by atoms with E-state index in [1.807, 2.05) is 11.6 Å². The Labute approximate surface area is 112 Å². The van der Waals surface area contributed by atoms with Crippen LogP contribution in [0.5, 0.6) is 0 Å². The molecule has 6 heteroatoms. The van der Waals surface area contributed by atoms with Crippen molar-refractivity contribution in [3.8, 4) is 0 Å². The van der Waals surface area contributed by atoms with Crippen LogP contribution in [0.2, 0.25) is 0 Å². The average Bonchev–Trinajstić information content (AvgIpc) is 3.05. The van der Waals surface area contributed by atoms with Crippen molar-refractivity contribution in [2.75, 3.05) is 18.5 Å². The lowest BCUT2D eigenvalue weighted by atomic mass is 10.2. The van der Waals surface area contributed by atoms with Crippen LogP contribution in [0.3, 0.4) is 0 Å². The van der Waals surface area contributed by atoms with Gasteiger partial charge in [0.1, 0.15) is 17.4 Å². The van der Waals surface area contributed by atoms with Gasteiger partial charge < -0.3 is 10.1 Å². The summed E-state index contributed by atoms with van der Waals surface area (Å²) < 4.78 is 7.57. The lowest BCUT2D eigenvalue weighted by Crippen LogP contribution is -2.19. The molecule has 0 saturated carbocycles. The molecule has 1 aliphatic heterocycles. The van der Waals surface area contributed by atoms with Gasteiger partial charge in [-0.15, -0.1) is 0 Å². The predicted molar refractivity (Wildman–Crippen MR) is 73.2 cm³/mol. The molecular formula is C13H19N5O. The van der Waals surface area contributed by atoms with Crippen LogP contribution in [0.25, 0.3) is 11.0 Å². The van der Waals surface area contributed by atoms with Crippen LogP contribution in [0.4, 0.5) is 5.82 Å². The fourth-order valence-electron chi connectivity index (χ4n) is 2.54. The summed E-state index contributed by atoms with van der Waals surface area (Å²) >= 11 is 0. The number of nitrogens with zero attached hydrogens (tertiary/aromatic N) is 4. The van der Waals surface area contributed by atoms with Crippen LogP contribution in [-0.2, 0) is 11.3 Å². The van der Waals surface area contributed by atoms with Gasteiger partial charge in [0, 0.05) is 19.7 Å². The van der Waals surface area contributed by atoms with Crippen LogP contribution in [-0.4, -0.2) is 39.0 Å². The predicted octanol–water partition coefficient (Wildman–Crippen LogP) is 1.75. The topological polar surface area (TPSA) is 64.9 Å². The largest absolute Gasteiger partial charge is 0.376 e. The molecule has 1 saturated heterocycles. The standard InChI is InChI=1S/C13H19N5O/c1-3-18-12-11(9(2)17-18)15-8-16-13(12)14-7-10-5-4-6-19-10/h8,10H,3-7H2,1-2H3,(H,14,15,16). The maximum Gasteiger partial charge on any atom is 0.155 e. The molecule has 3 rings (SSSR count). The van der Waals surface area contributed by atoms with Gasteiger partial charge in [-0.2, -0.15) is 5.10 Å². The number of fused-ring (bicyclic) bond motifs is 1. The molecular weight excluding hydrogens is 242 g/mol. The third-order valence-electron chi connectivity index (χ3n) is 3.51. The zero-order valence-corrected chi connectivity index (χ0v) is 11.4. The number of nitrogens with one attached hydrogen (secondary N) is 1. The summed E-state index contributed by atoms with van der Waals surface area (Å²) in [5.41, 5.74) is 2.85. The maximum absolute atomic E-state index is 5.62. The highest BCUT2D eigenvalue weighted by molar-refractivity contribution is 5.87. The average molecular weight is 261 g/mol. The monoisotopic (exact) mass is 261 g/mol. The van der Waals surface area contributed by atoms with Gasteiger partial charge in [0.2, 0.25) is 0 Å². The van der Waals surface area contributed by atoms with Crippen LogP contribution < -0.4 is 5.32 Å². The van der Waals surface area contributed by atoms with E-state index in [2.05, 4.69) is 27.3 Å². The molecule has 2 aromatic rings. The second kappa shape index (κ2) is 5.13. The second-order valence-electron chi connectivity index (χ2n) is 4.84. The van der Waals surface area contributed by atoms with E-state index in [0.29, 0.717) is 6.10 Å². The number of aromatic nitrogens is 4. The Morgan fingerprint density at radius 2 is 2.37 bits per heavy atom. The number of hydrogen-bond donors (Lipinski definition) is 1. The zero-order valence-electron chi connectivity index (χ0n) is 11.4. The SMILES string of the molecule is CCn1nc(C)c2ncnc(NCC3CCCO3)c21. The van der Waals surface area contributed by atoms with Crippen molar-refractivity contribution in [1.82, 2.24) is 19.7 Å². The fraction of sp³-hybridized carbons (Fsp3) is 0.615. The van der Waals surface area contributed by atoms with Gasteiger partial charge in [-0.05, 0) is 26.7 Å². The van der Waals surface area contributed by atoms with E-state index >= 15 is 0 Å². The van der Waals surface area contributed by atoms with E-state index in [9.17, 15) is 0 Å². The highest BCUT2D eigenvalue weighted by atomic mass is 16.5. The lowest BCUT2D eigenvalue weighted by molar-refractivity contribution is 0.120. The number of anilines is 1. The molecule has 102 valence electrons. The van der Waals surface area contributed by atoms with Gasteiger partial charge in [0.25, 0.3) is 0 Å². The summed E-state index contributed by atoms with van der Waals surface area (Å²) in [7, 11) is 0. The summed E-state index contributed by atoms with van der Waals surface area (Å²) in [5.74, 6) is 0.850. The Hall–Kier alpha value is -1.69. The Balaban J connectivity index is 1.89. The van der Waals surface area contributed by atoms with E-state index < -0.39 is 0 Å². The molecule has 1 fully saturated rings. The minimum Gasteiger partial charge on any atom is -0.376 e. The van der Waals surface area contributed by atoms with E-state index in [-0.39, 0.29) is 0 Å². The van der Waals surface area contributed by atoms with Crippen LogP contribution >= 0.6 is 0 Å². The first-order valence-corrected chi connectivity index (χ1v) is 6.83. The highest BCUT2D eigenvalue weighted by Crippen LogP contribution is 2.22. The Morgan fingerprint density at radius 3 is 3.11 bits per heavy atom. The van der Waals surface area contributed by atoms with Crippen molar-refractivity contribution in [3.63, 3.8) is 0 Å². The van der Waals surface area contributed by atoms with Gasteiger partial charge in [-0.25, -0.2) is 9.97 Å². The molecule has 0 aliphatic carbocycles. The molecule has 1 aliphatic rings. The van der Waals surface area contributed by atoms with Gasteiger partial charge in [-0.3, -0.25) is 4.68 Å². The van der Waals surface area contributed by atoms with Crippen molar-refractivity contribution >= 4 is 16.9 Å². The van der Waals surface area contributed by atoms with Gasteiger partial charge in [0.15, 0.2) is 5.82 Å². The molecule has 1 atom stereocenters. The second-order valence-corrected chi connectivity index (χ2v) is 4.84.